The van der Waals surface area contributed by atoms with Crippen LogP contribution in [0.3, 0.4) is 0 Å². The van der Waals surface area contributed by atoms with Gasteiger partial charge < -0.3 is 10.0 Å². The Morgan fingerprint density at radius 2 is 2.10 bits per heavy atom. The molecule has 3 rings (SSSR count). The Morgan fingerprint density at radius 3 is 2.67 bits per heavy atom. The van der Waals surface area contributed by atoms with E-state index in [1.807, 2.05) is 11.4 Å². The van der Waals surface area contributed by atoms with Crippen LogP contribution < -0.4 is 4.90 Å². The number of rotatable bonds is 5. The number of hydrogen-bond donors (Lipinski definition) is 1. The number of hydrogen-bond acceptors (Lipinski definition) is 4. The smallest absolute Gasteiger partial charge is 0.160 e. The second kappa shape index (κ2) is 4.98. The molecule has 5 heteroatoms. The third kappa shape index (κ3) is 2.39. The Hall–Kier alpha value is -1.62. The van der Waals surface area contributed by atoms with Gasteiger partial charge in [-0.3, -0.25) is 0 Å². The first kappa shape index (κ1) is 14.3. The Kier molecular flexibility index (Phi) is 3.40. The molecule has 1 N–H and O–H groups in total. The van der Waals surface area contributed by atoms with Crippen molar-refractivity contribution in [3.63, 3.8) is 0 Å². The zero-order valence-corrected chi connectivity index (χ0v) is 13.3. The summed E-state index contributed by atoms with van der Waals surface area (Å²) in [5.41, 5.74) is 4.29. The Balaban J connectivity index is 2.05. The van der Waals surface area contributed by atoms with E-state index in [0.29, 0.717) is 0 Å². The second-order valence-corrected chi connectivity index (χ2v) is 6.42. The lowest BCUT2D eigenvalue weighted by atomic mass is 10.1. The standard InChI is InChI=1S/C16H24N4O/c1-5-13-8-14(19(4)9-16(10-21)6-7-16)20-15(17-13)11(2)12(3)18-20/h8,21H,5-7,9-10H2,1-4H3. The summed E-state index contributed by atoms with van der Waals surface area (Å²) in [5, 5.41) is 14.2. The third-order valence-electron chi connectivity index (χ3n) is 4.71. The van der Waals surface area contributed by atoms with E-state index in [9.17, 15) is 5.11 Å². The van der Waals surface area contributed by atoms with E-state index in [-0.39, 0.29) is 12.0 Å². The molecule has 114 valence electrons. The molecule has 0 saturated heterocycles. The van der Waals surface area contributed by atoms with Crippen LogP contribution in [0.15, 0.2) is 6.07 Å². The van der Waals surface area contributed by atoms with Crippen molar-refractivity contribution in [2.24, 2.45) is 5.41 Å². The third-order valence-corrected chi connectivity index (χ3v) is 4.71. The van der Waals surface area contributed by atoms with Crippen LogP contribution in [0.5, 0.6) is 0 Å². The highest BCUT2D eigenvalue weighted by molar-refractivity contribution is 5.56. The summed E-state index contributed by atoms with van der Waals surface area (Å²) in [7, 11) is 2.08. The minimum Gasteiger partial charge on any atom is -0.396 e. The molecular weight excluding hydrogens is 264 g/mol. The lowest BCUT2D eigenvalue weighted by molar-refractivity contribution is 0.215. The summed E-state index contributed by atoms with van der Waals surface area (Å²) in [6.07, 6.45) is 3.13. The summed E-state index contributed by atoms with van der Waals surface area (Å²) in [6.45, 7) is 7.35. The monoisotopic (exact) mass is 288 g/mol. The molecule has 1 aliphatic rings. The molecule has 2 heterocycles. The Bertz CT molecular complexity index is 672. The largest absolute Gasteiger partial charge is 0.396 e. The van der Waals surface area contributed by atoms with Crippen molar-refractivity contribution < 1.29 is 5.11 Å². The number of aliphatic hydroxyl groups is 1. The molecule has 0 amide bonds. The summed E-state index contributed by atoms with van der Waals surface area (Å²) >= 11 is 0. The zero-order valence-electron chi connectivity index (χ0n) is 13.3. The zero-order chi connectivity index (χ0) is 15.2. The van der Waals surface area contributed by atoms with Crippen molar-refractivity contribution >= 4 is 11.5 Å². The summed E-state index contributed by atoms with van der Waals surface area (Å²) in [4.78, 5) is 6.93. The van der Waals surface area contributed by atoms with Gasteiger partial charge in [0.25, 0.3) is 0 Å². The summed E-state index contributed by atoms with van der Waals surface area (Å²) in [5.74, 6) is 1.06. The van der Waals surface area contributed by atoms with Crippen molar-refractivity contribution in [1.29, 1.82) is 0 Å². The van der Waals surface area contributed by atoms with Crippen molar-refractivity contribution in [2.75, 3.05) is 25.1 Å². The molecule has 0 bridgehead atoms. The van der Waals surface area contributed by atoms with E-state index in [1.54, 1.807) is 0 Å². The molecule has 0 spiro atoms. The van der Waals surface area contributed by atoms with Gasteiger partial charge in [0.1, 0.15) is 5.82 Å². The Morgan fingerprint density at radius 1 is 1.38 bits per heavy atom. The molecule has 0 unspecified atom stereocenters. The molecule has 21 heavy (non-hydrogen) atoms. The number of anilines is 1. The normalized spacial score (nSPS) is 16.4. The van der Waals surface area contributed by atoms with Crippen LogP contribution in [0.25, 0.3) is 5.65 Å². The molecule has 1 aliphatic carbocycles. The molecule has 0 aliphatic heterocycles. The van der Waals surface area contributed by atoms with Gasteiger partial charge in [-0.2, -0.15) is 9.61 Å². The van der Waals surface area contributed by atoms with E-state index >= 15 is 0 Å². The first-order valence-electron chi connectivity index (χ1n) is 7.67. The molecule has 2 aromatic heterocycles. The van der Waals surface area contributed by atoms with Gasteiger partial charge in [-0.15, -0.1) is 0 Å². The van der Waals surface area contributed by atoms with E-state index in [0.717, 1.165) is 54.2 Å². The SMILES string of the molecule is CCc1cc(N(C)CC2(CO)CC2)n2nc(C)c(C)c2n1. The highest BCUT2D eigenvalue weighted by Crippen LogP contribution is 2.46. The van der Waals surface area contributed by atoms with Gasteiger partial charge in [-0.25, -0.2) is 4.98 Å². The van der Waals surface area contributed by atoms with Crippen LogP contribution in [0.2, 0.25) is 0 Å². The topological polar surface area (TPSA) is 53.7 Å². The van der Waals surface area contributed by atoms with E-state index < -0.39 is 0 Å². The number of aryl methyl sites for hydroxylation is 3. The first-order valence-corrected chi connectivity index (χ1v) is 7.67. The molecule has 1 fully saturated rings. The predicted octanol–water partition coefficient (Wildman–Crippen LogP) is 2.12. The summed E-state index contributed by atoms with van der Waals surface area (Å²) < 4.78 is 1.94. The van der Waals surface area contributed by atoms with Crippen LogP contribution in [0.4, 0.5) is 5.82 Å². The van der Waals surface area contributed by atoms with Crippen molar-refractivity contribution in [1.82, 2.24) is 14.6 Å². The van der Waals surface area contributed by atoms with Gasteiger partial charge in [0, 0.05) is 36.3 Å². The van der Waals surface area contributed by atoms with Gasteiger partial charge in [0.05, 0.1) is 12.3 Å². The maximum absolute atomic E-state index is 9.55. The number of aliphatic hydroxyl groups excluding tert-OH is 1. The molecule has 1 saturated carbocycles. The van der Waals surface area contributed by atoms with E-state index in [1.165, 1.54) is 0 Å². The molecule has 0 aromatic carbocycles. The minimum absolute atomic E-state index is 0.0912. The lowest BCUT2D eigenvalue weighted by Crippen LogP contribution is -2.30. The van der Waals surface area contributed by atoms with Gasteiger partial charge in [-0.1, -0.05) is 6.92 Å². The highest BCUT2D eigenvalue weighted by Gasteiger charge is 2.43. The van der Waals surface area contributed by atoms with Crippen LogP contribution in [0, 0.1) is 19.3 Å². The molecular formula is C16H24N4O. The van der Waals surface area contributed by atoms with Crippen molar-refractivity contribution in [2.45, 2.75) is 40.0 Å². The fourth-order valence-electron chi connectivity index (χ4n) is 2.84. The second-order valence-electron chi connectivity index (χ2n) is 6.42. The van der Waals surface area contributed by atoms with Crippen LogP contribution in [-0.4, -0.2) is 39.9 Å². The van der Waals surface area contributed by atoms with Crippen LogP contribution in [-0.2, 0) is 6.42 Å². The quantitative estimate of drug-likeness (QED) is 0.915. The van der Waals surface area contributed by atoms with Crippen molar-refractivity contribution in [3.05, 3.63) is 23.0 Å². The van der Waals surface area contributed by atoms with E-state index in [2.05, 4.69) is 37.0 Å². The molecule has 2 aromatic rings. The fourth-order valence-corrected chi connectivity index (χ4v) is 2.84. The van der Waals surface area contributed by atoms with Gasteiger partial charge in [0.2, 0.25) is 0 Å². The molecule has 0 atom stereocenters. The molecule has 5 nitrogen and oxygen atoms in total. The van der Waals surface area contributed by atoms with Gasteiger partial charge >= 0.3 is 0 Å². The number of nitrogens with zero attached hydrogens (tertiary/aromatic N) is 4. The first-order chi connectivity index (χ1) is 9.99. The highest BCUT2D eigenvalue weighted by atomic mass is 16.3. The summed E-state index contributed by atoms with van der Waals surface area (Å²) in [6, 6.07) is 2.12. The maximum atomic E-state index is 9.55. The van der Waals surface area contributed by atoms with Crippen LogP contribution >= 0.6 is 0 Å². The van der Waals surface area contributed by atoms with Gasteiger partial charge in [0.15, 0.2) is 5.65 Å². The predicted molar refractivity (Wildman–Crippen MR) is 83.9 cm³/mol. The average molecular weight is 288 g/mol. The number of fused-ring (bicyclic) bond motifs is 1. The Labute approximate surface area is 125 Å². The fraction of sp³-hybridized carbons (Fsp3) is 0.625. The van der Waals surface area contributed by atoms with Gasteiger partial charge in [-0.05, 0) is 33.1 Å². The van der Waals surface area contributed by atoms with Crippen LogP contribution in [0.1, 0.15) is 36.7 Å². The number of aromatic nitrogens is 3. The van der Waals surface area contributed by atoms with E-state index in [4.69, 9.17) is 4.98 Å². The molecule has 0 radical (unpaired) electrons. The lowest BCUT2D eigenvalue weighted by Gasteiger charge is -2.25. The minimum atomic E-state index is 0.0912. The maximum Gasteiger partial charge on any atom is 0.160 e. The average Bonchev–Trinajstić information content (AvgIpc) is 3.20. The van der Waals surface area contributed by atoms with Crippen molar-refractivity contribution in [3.8, 4) is 0 Å².